The number of hydrogen-bond donors (Lipinski definition) is 1. The molecule has 17 heavy (non-hydrogen) atoms. The van der Waals surface area contributed by atoms with Crippen LogP contribution in [0, 0.1) is 6.92 Å². The van der Waals surface area contributed by atoms with E-state index in [1.54, 1.807) is 0 Å². The molecule has 2 N–H and O–H groups in total. The normalized spacial score (nSPS) is 18.7. The number of furan rings is 1. The molecule has 0 bridgehead atoms. The minimum absolute atomic E-state index is 0.798. The number of nitrogens with zero attached hydrogens (tertiary/aromatic N) is 2. The van der Waals surface area contributed by atoms with E-state index in [1.165, 1.54) is 0 Å². The fourth-order valence-electron chi connectivity index (χ4n) is 2.28. The predicted octanol–water partition coefficient (Wildman–Crippen LogP) is 1.05. The fraction of sp³-hybridized carbons (Fsp3) is 0.692. The first kappa shape index (κ1) is 12.6. The number of aryl methyl sites for hydroxylation is 1. The first-order valence-electron chi connectivity index (χ1n) is 6.48. The Labute approximate surface area is 103 Å². The van der Waals surface area contributed by atoms with E-state index in [9.17, 15) is 0 Å². The van der Waals surface area contributed by atoms with Crippen molar-refractivity contribution in [3.05, 3.63) is 23.7 Å². The maximum atomic E-state index is 5.61. The highest BCUT2D eigenvalue weighted by atomic mass is 16.3. The van der Waals surface area contributed by atoms with Crippen LogP contribution in [0.5, 0.6) is 0 Å². The van der Waals surface area contributed by atoms with Crippen molar-refractivity contribution < 1.29 is 4.42 Å². The third-order valence-electron chi connectivity index (χ3n) is 3.32. The summed E-state index contributed by atoms with van der Waals surface area (Å²) >= 11 is 0. The molecule has 2 heterocycles. The summed E-state index contributed by atoms with van der Waals surface area (Å²) in [5, 5.41) is 0. The summed E-state index contributed by atoms with van der Waals surface area (Å²) in [6, 6.07) is 4.11. The SMILES string of the molecule is Cc1ccc(CN2CCN(CCCN)CC2)o1. The van der Waals surface area contributed by atoms with Crippen LogP contribution in [0.15, 0.2) is 16.5 Å². The van der Waals surface area contributed by atoms with Crippen LogP contribution in [0.2, 0.25) is 0 Å². The van der Waals surface area contributed by atoms with Gasteiger partial charge < -0.3 is 15.1 Å². The van der Waals surface area contributed by atoms with Gasteiger partial charge in [0, 0.05) is 26.2 Å². The average molecular weight is 237 g/mol. The Hall–Kier alpha value is -0.840. The first-order chi connectivity index (χ1) is 8.28. The molecular weight excluding hydrogens is 214 g/mol. The summed E-state index contributed by atoms with van der Waals surface area (Å²) in [6.07, 6.45) is 1.11. The Kier molecular flexibility index (Phi) is 4.59. The lowest BCUT2D eigenvalue weighted by atomic mass is 10.2. The van der Waals surface area contributed by atoms with Gasteiger partial charge >= 0.3 is 0 Å². The van der Waals surface area contributed by atoms with Crippen molar-refractivity contribution in [2.45, 2.75) is 19.9 Å². The van der Waals surface area contributed by atoms with Crippen LogP contribution in [0.1, 0.15) is 17.9 Å². The molecule has 1 aromatic rings. The third-order valence-corrected chi connectivity index (χ3v) is 3.32. The van der Waals surface area contributed by atoms with Crippen LogP contribution >= 0.6 is 0 Å². The second kappa shape index (κ2) is 6.19. The van der Waals surface area contributed by atoms with Crippen molar-refractivity contribution in [1.82, 2.24) is 9.80 Å². The summed E-state index contributed by atoms with van der Waals surface area (Å²) in [7, 11) is 0. The van der Waals surface area contributed by atoms with E-state index in [1.807, 2.05) is 13.0 Å². The Bertz CT molecular complexity index is 329. The van der Waals surface area contributed by atoms with Gasteiger partial charge in [0.2, 0.25) is 0 Å². The van der Waals surface area contributed by atoms with E-state index in [0.29, 0.717) is 0 Å². The molecule has 0 radical (unpaired) electrons. The molecule has 4 nitrogen and oxygen atoms in total. The fourth-order valence-corrected chi connectivity index (χ4v) is 2.28. The quantitative estimate of drug-likeness (QED) is 0.831. The smallest absolute Gasteiger partial charge is 0.118 e. The van der Waals surface area contributed by atoms with Crippen molar-refractivity contribution in [2.75, 3.05) is 39.3 Å². The Balaban J connectivity index is 1.72. The largest absolute Gasteiger partial charge is 0.465 e. The predicted molar refractivity (Wildman–Crippen MR) is 68.8 cm³/mol. The maximum absolute atomic E-state index is 5.61. The molecule has 1 saturated heterocycles. The standard InChI is InChI=1S/C13H23N3O/c1-12-3-4-13(17-12)11-16-9-7-15(8-10-16)6-2-5-14/h3-4H,2,5-11,14H2,1H3. The molecular formula is C13H23N3O. The minimum Gasteiger partial charge on any atom is -0.465 e. The van der Waals surface area contributed by atoms with E-state index in [2.05, 4.69) is 15.9 Å². The van der Waals surface area contributed by atoms with E-state index in [-0.39, 0.29) is 0 Å². The molecule has 0 aromatic carbocycles. The van der Waals surface area contributed by atoms with Gasteiger partial charge in [-0.25, -0.2) is 0 Å². The number of nitrogens with two attached hydrogens (primary N) is 1. The topological polar surface area (TPSA) is 45.6 Å². The summed E-state index contributed by atoms with van der Waals surface area (Å²) in [6.45, 7) is 9.44. The average Bonchev–Trinajstić information content (AvgIpc) is 2.74. The van der Waals surface area contributed by atoms with Gasteiger partial charge in [-0.2, -0.15) is 0 Å². The molecule has 1 aromatic heterocycles. The molecule has 96 valence electrons. The van der Waals surface area contributed by atoms with Crippen molar-refractivity contribution in [1.29, 1.82) is 0 Å². The van der Waals surface area contributed by atoms with Crippen LogP contribution < -0.4 is 5.73 Å². The van der Waals surface area contributed by atoms with Crippen molar-refractivity contribution in [3.63, 3.8) is 0 Å². The van der Waals surface area contributed by atoms with E-state index in [4.69, 9.17) is 10.2 Å². The maximum Gasteiger partial charge on any atom is 0.118 e. The zero-order chi connectivity index (χ0) is 12.1. The summed E-state index contributed by atoms with van der Waals surface area (Å²) in [5.74, 6) is 2.08. The van der Waals surface area contributed by atoms with Crippen molar-refractivity contribution >= 4 is 0 Å². The lowest BCUT2D eigenvalue weighted by Gasteiger charge is -2.34. The van der Waals surface area contributed by atoms with Gasteiger partial charge in [0.05, 0.1) is 6.54 Å². The monoisotopic (exact) mass is 237 g/mol. The summed E-state index contributed by atoms with van der Waals surface area (Å²) in [5.41, 5.74) is 5.53. The molecule has 2 rings (SSSR count). The Morgan fingerprint density at radius 1 is 1.18 bits per heavy atom. The Morgan fingerprint density at radius 3 is 2.47 bits per heavy atom. The molecule has 1 aliphatic rings. The van der Waals surface area contributed by atoms with E-state index < -0.39 is 0 Å². The Morgan fingerprint density at radius 2 is 1.88 bits per heavy atom. The molecule has 0 spiro atoms. The minimum atomic E-state index is 0.798. The summed E-state index contributed by atoms with van der Waals surface area (Å²) < 4.78 is 5.61. The van der Waals surface area contributed by atoms with Gasteiger partial charge in [-0.15, -0.1) is 0 Å². The van der Waals surface area contributed by atoms with Gasteiger partial charge in [0.15, 0.2) is 0 Å². The zero-order valence-electron chi connectivity index (χ0n) is 10.7. The molecule has 0 atom stereocenters. The number of piperazine rings is 1. The molecule has 1 aliphatic heterocycles. The van der Waals surface area contributed by atoms with Crippen LogP contribution in [-0.2, 0) is 6.54 Å². The molecule has 4 heteroatoms. The van der Waals surface area contributed by atoms with Crippen molar-refractivity contribution in [3.8, 4) is 0 Å². The third kappa shape index (κ3) is 3.84. The van der Waals surface area contributed by atoms with E-state index in [0.717, 1.165) is 63.8 Å². The second-order valence-corrected chi connectivity index (χ2v) is 4.77. The summed E-state index contributed by atoms with van der Waals surface area (Å²) in [4.78, 5) is 4.95. The highest BCUT2D eigenvalue weighted by molar-refractivity contribution is 5.05. The first-order valence-corrected chi connectivity index (χ1v) is 6.48. The highest BCUT2D eigenvalue weighted by Gasteiger charge is 2.17. The molecule has 0 aliphatic carbocycles. The number of rotatable bonds is 5. The van der Waals surface area contributed by atoms with Crippen LogP contribution in [-0.4, -0.2) is 49.1 Å². The van der Waals surface area contributed by atoms with Crippen LogP contribution in [0.25, 0.3) is 0 Å². The highest BCUT2D eigenvalue weighted by Crippen LogP contribution is 2.11. The molecule has 1 fully saturated rings. The second-order valence-electron chi connectivity index (χ2n) is 4.77. The van der Waals surface area contributed by atoms with E-state index >= 15 is 0 Å². The van der Waals surface area contributed by atoms with Gasteiger partial charge in [0.1, 0.15) is 11.5 Å². The molecule has 0 amide bonds. The molecule has 0 unspecified atom stereocenters. The van der Waals surface area contributed by atoms with Gasteiger partial charge in [0.25, 0.3) is 0 Å². The lowest BCUT2D eigenvalue weighted by molar-refractivity contribution is 0.120. The van der Waals surface area contributed by atoms with Gasteiger partial charge in [-0.1, -0.05) is 0 Å². The van der Waals surface area contributed by atoms with Crippen molar-refractivity contribution in [2.24, 2.45) is 5.73 Å². The van der Waals surface area contributed by atoms with Gasteiger partial charge in [-0.3, -0.25) is 4.90 Å². The van der Waals surface area contributed by atoms with Crippen LogP contribution in [0.4, 0.5) is 0 Å². The lowest BCUT2D eigenvalue weighted by Crippen LogP contribution is -2.46. The van der Waals surface area contributed by atoms with Gasteiger partial charge in [-0.05, 0) is 38.6 Å². The number of hydrogen-bond acceptors (Lipinski definition) is 4. The zero-order valence-corrected chi connectivity index (χ0v) is 10.7. The molecule has 0 saturated carbocycles. The van der Waals surface area contributed by atoms with Crippen LogP contribution in [0.3, 0.4) is 0 Å².